The Kier molecular flexibility index (Phi) is 7.68. The highest BCUT2D eigenvalue weighted by molar-refractivity contribution is 5.99. The molecule has 2 atom stereocenters. The number of nitrogens with one attached hydrogen (secondary N) is 3. The van der Waals surface area contributed by atoms with Crippen LogP contribution in [0.5, 0.6) is 0 Å². The second-order valence-electron chi connectivity index (χ2n) is 12.0. The number of nitrogens with zero attached hydrogens (tertiary/aromatic N) is 2. The number of aromatic nitrogens is 2. The molecule has 9 heteroatoms. The third kappa shape index (κ3) is 5.61. The van der Waals surface area contributed by atoms with E-state index >= 15 is 0 Å². The Bertz CT molecular complexity index is 1380. The number of piperidine rings is 1. The molecule has 0 radical (unpaired) electrons. The summed E-state index contributed by atoms with van der Waals surface area (Å²) in [5.41, 5.74) is 1.56. The van der Waals surface area contributed by atoms with Crippen molar-refractivity contribution >= 4 is 28.8 Å². The summed E-state index contributed by atoms with van der Waals surface area (Å²) < 4.78 is 5.94. The first-order valence-electron chi connectivity index (χ1n) is 14.2. The Hall–Kier alpha value is -3.72. The summed E-state index contributed by atoms with van der Waals surface area (Å²) in [6, 6.07) is 12.0. The van der Waals surface area contributed by atoms with Crippen molar-refractivity contribution in [3.05, 3.63) is 65.0 Å². The number of carbonyl (C=O) groups is 3. The molecule has 9 nitrogen and oxygen atoms in total. The van der Waals surface area contributed by atoms with E-state index in [0.29, 0.717) is 29.9 Å². The van der Waals surface area contributed by atoms with Crippen molar-refractivity contribution in [1.29, 1.82) is 0 Å². The summed E-state index contributed by atoms with van der Waals surface area (Å²) in [6.45, 7) is 10.0. The highest BCUT2D eigenvalue weighted by Gasteiger charge is 2.51. The maximum Gasteiger partial charge on any atom is 0.316 e. The number of amides is 2. The first-order chi connectivity index (χ1) is 19.1. The van der Waals surface area contributed by atoms with Crippen LogP contribution in [0.2, 0.25) is 0 Å². The van der Waals surface area contributed by atoms with Gasteiger partial charge in [-0.1, -0.05) is 12.1 Å². The van der Waals surface area contributed by atoms with E-state index in [-0.39, 0.29) is 17.8 Å². The number of rotatable bonds is 6. The Morgan fingerprint density at radius 1 is 1.07 bits per heavy atom. The molecule has 2 amide bonds. The van der Waals surface area contributed by atoms with E-state index in [9.17, 15) is 14.4 Å². The SMILES string of the molecule is Cc1cc(C(=O)NC(c2nc3ccccc3[nH]2)C2(C(=O)OC(C)(C)C)CCCNC2)ccc1C(=O)N1CCCC1. The van der Waals surface area contributed by atoms with Gasteiger partial charge in [0.1, 0.15) is 22.9 Å². The van der Waals surface area contributed by atoms with Crippen molar-refractivity contribution in [2.75, 3.05) is 26.2 Å². The van der Waals surface area contributed by atoms with Crippen LogP contribution in [-0.4, -0.2) is 64.4 Å². The fraction of sp³-hybridized carbons (Fsp3) is 0.484. The molecule has 2 aliphatic heterocycles. The van der Waals surface area contributed by atoms with Gasteiger partial charge in [-0.05, 0) is 95.8 Å². The molecule has 0 bridgehead atoms. The molecule has 0 saturated carbocycles. The van der Waals surface area contributed by atoms with E-state index < -0.39 is 17.1 Å². The van der Waals surface area contributed by atoms with Crippen LogP contribution < -0.4 is 10.6 Å². The summed E-state index contributed by atoms with van der Waals surface area (Å²) in [4.78, 5) is 50.7. The molecule has 2 aromatic carbocycles. The molecule has 3 N–H and O–H groups in total. The number of carbonyl (C=O) groups excluding carboxylic acids is 3. The number of fused-ring (bicyclic) bond motifs is 1. The van der Waals surface area contributed by atoms with Crippen LogP contribution in [-0.2, 0) is 9.53 Å². The zero-order chi connectivity index (χ0) is 28.5. The molecule has 0 spiro atoms. The quantitative estimate of drug-likeness (QED) is 0.398. The molecule has 40 heavy (non-hydrogen) atoms. The average Bonchev–Trinajstić information content (AvgIpc) is 3.61. The summed E-state index contributed by atoms with van der Waals surface area (Å²) >= 11 is 0. The van der Waals surface area contributed by atoms with E-state index in [2.05, 4.69) is 15.6 Å². The number of likely N-dealkylation sites (tertiary alicyclic amines) is 1. The molecule has 1 aromatic heterocycles. The molecule has 2 aliphatic rings. The minimum atomic E-state index is -1.07. The van der Waals surface area contributed by atoms with Gasteiger partial charge < -0.3 is 25.3 Å². The standard InChI is InChI=1S/C31H39N5O4/c1-20-18-21(12-13-22(20)28(38)36-16-7-8-17-36)27(37)35-25(26-33-23-10-5-6-11-24(23)34-26)31(14-9-15-32-19-31)29(39)40-30(2,3)4/h5-6,10-13,18,25,32H,7-9,14-17,19H2,1-4H3,(H,33,34)(H,35,37). The van der Waals surface area contributed by atoms with Crippen LogP contribution >= 0.6 is 0 Å². The summed E-state index contributed by atoms with van der Waals surface area (Å²) in [5, 5.41) is 6.51. The monoisotopic (exact) mass is 545 g/mol. The minimum Gasteiger partial charge on any atom is -0.459 e. The molecule has 2 unspecified atom stereocenters. The molecular formula is C31H39N5O4. The number of para-hydroxylation sites is 2. The number of aryl methyl sites for hydroxylation is 1. The lowest BCUT2D eigenvalue weighted by atomic mass is 9.73. The molecule has 2 saturated heterocycles. The van der Waals surface area contributed by atoms with Crippen molar-refractivity contribution in [3.63, 3.8) is 0 Å². The Balaban J connectivity index is 1.51. The van der Waals surface area contributed by atoms with Crippen LogP contribution in [0.3, 0.4) is 0 Å². The van der Waals surface area contributed by atoms with E-state index in [1.165, 1.54) is 0 Å². The largest absolute Gasteiger partial charge is 0.459 e. The third-order valence-electron chi connectivity index (χ3n) is 7.84. The summed E-state index contributed by atoms with van der Waals surface area (Å²) in [7, 11) is 0. The van der Waals surface area contributed by atoms with Gasteiger partial charge in [-0.15, -0.1) is 0 Å². The van der Waals surface area contributed by atoms with Gasteiger partial charge in [0.05, 0.1) is 11.0 Å². The lowest BCUT2D eigenvalue weighted by Gasteiger charge is -2.42. The second kappa shape index (κ2) is 11.0. The zero-order valence-corrected chi connectivity index (χ0v) is 23.8. The van der Waals surface area contributed by atoms with Gasteiger partial charge in [-0.2, -0.15) is 0 Å². The van der Waals surface area contributed by atoms with Gasteiger partial charge in [0, 0.05) is 30.8 Å². The van der Waals surface area contributed by atoms with Gasteiger partial charge >= 0.3 is 5.97 Å². The number of ether oxygens (including phenoxy) is 1. The van der Waals surface area contributed by atoms with E-state index in [1.54, 1.807) is 18.2 Å². The molecule has 0 aliphatic carbocycles. The van der Waals surface area contributed by atoms with Crippen LogP contribution in [0.1, 0.15) is 84.6 Å². The summed E-state index contributed by atoms with van der Waals surface area (Å²) in [6.07, 6.45) is 3.31. The highest BCUT2D eigenvalue weighted by Crippen LogP contribution is 2.41. The van der Waals surface area contributed by atoms with Gasteiger partial charge in [-0.3, -0.25) is 14.4 Å². The van der Waals surface area contributed by atoms with Crippen LogP contribution in [0.4, 0.5) is 0 Å². The Morgan fingerprint density at radius 2 is 1.82 bits per heavy atom. The van der Waals surface area contributed by atoms with Crippen molar-refractivity contribution < 1.29 is 19.1 Å². The van der Waals surface area contributed by atoms with Crippen molar-refractivity contribution in [1.82, 2.24) is 25.5 Å². The van der Waals surface area contributed by atoms with Crippen LogP contribution in [0.15, 0.2) is 42.5 Å². The lowest BCUT2D eigenvalue weighted by Crippen LogP contribution is -2.56. The highest BCUT2D eigenvalue weighted by atomic mass is 16.6. The maximum atomic E-state index is 13.9. The van der Waals surface area contributed by atoms with Crippen molar-refractivity contribution in [3.8, 4) is 0 Å². The van der Waals surface area contributed by atoms with Gasteiger partial charge in [-0.25, -0.2) is 4.98 Å². The number of H-pyrrole nitrogens is 1. The smallest absolute Gasteiger partial charge is 0.316 e. The van der Waals surface area contributed by atoms with Crippen molar-refractivity contribution in [2.45, 2.75) is 65.0 Å². The zero-order valence-electron chi connectivity index (χ0n) is 23.8. The molecule has 3 aromatic rings. The van der Waals surface area contributed by atoms with Gasteiger partial charge in [0.25, 0.3) is 11.8 Å². The van der Waals surface area contributed by atoms with Gasteiger partial charge in [0.2, 0.25) is 0 Å². The van der Waals surface area contributed by atoms with E-state index in [1.807, 2.05) is 56.9 Å². The normalized spacial score (nSPS) is 20.4. The predicted molar refractivity (Wildman–Crippen MR) is 153 cm³/mol. The molecule has 5 rings (SSSR count). The number of benzene rings is 2. The average molecular weight is 546 g/mol. The maximum absolute atomic E-state index is 13.9. The fourth-order valence-electron chi connectivity index (χ4n) is 5.77. The van der Waals surface area contributed by atoms with Crippen LogP contribution in [0, 0.1) is 12.3 Å². The Labute approximate surface area is 235 Å². The predicted octanol–water partition coefficient (Wildman–Crippen LogP) is 4.29. The molecular weight excluding hydrogens is 506 g/mol. The third-order valence-corrected chi connectivity index (χ3v) is 7.84. The minimum absolute atomic E-state index is 0.000677. The molecule has 212 valence electrons. The number of hydrogen-bond acceptors (Lipinski definition) is 6. The second-order valence-corrected chi connectivity index (χ2v) is 12.0. The molecule has 3 heterocycles. The van der Waals surface area contributed by atoms with Gasteiger partial charge in [0.15, 0.2) is 0 Å². The Morgan fingerprint density at radius 3 is 2.48 bits per heavy atom. The first kappa shape index (κ1) is 27.8. The van der Waals surface area contributed by atoms with E-state index in [4.69, 9.17) is 9.72 Å². The fourth-order valence-corrected chi connectivity index (χ4v) is 5.77. The van der Waals surface area contributed by atoms with E-state index in [0.717, 1.165) is 55.5 Å². The van der Waals surface area contributed by atoms with Crippen LogP contribution in [0.25, 0.3) is 11.0 Å². The lowest BCUT2D eigenvalue weighted by molar-refractivity contribution is -0.171. The number of imidazole rings is 1. The number of hydrogen-bond donors (Lipinski definition) is 3. The topological polar surface area (TPSA) is 116 Å². The molecule has 2 fully saturated rings. The number of aromatic amines is 1. The summed E-state index contributed by atoms with van der Waals surface area (Å²) in [5.74, 6) is -0.219. The first-order valence-corrected chi connectivity index (χ1v) is 14.2. The van der Waals surface area contributed by atoms with Crippen molar-refractivity contribution in [2.24, 2.45) is 5.41 Å². The number of esters is 1.